The Hall–Kier alpha value is -1.89. The van der Waals surface area contributed by atoms with Gasteiger partial charge in [0.15, 0.2) is 5.16 Å². The lowest BCUT2D eigenvalue weighted by Crippen LogP contribution is -2.04. The molecule has 0 aliphatic heterocycles. The molecule has 0 radical (unpaired) electrons. The topological polar surface area (TPSA) is 89.6 Å². The van der Waals surface area contributed by atoms with Crippen LogP contribution in [0.3, 0.4) is 0 Å². The standard InChI is InChI=1S/C11H14N6S/c1-3-13-8-6-9(17-10(12)16-8)18-11-14-5-4-7(2)15-11/h4-6H,3H2,1-2H3,(H3,12,13,16,17). The summed E-state index contributed by atoms with van der Waals surface area (Å²) in [6.45, 7) is 4.69. The molecule has 0 saturated carbocycles. The smallest absolute Gasteiger partial charge is 0.223 e. The van der Waals surface area contributed by atoms with E-state index in [0.29, 0.717) is 11.0 Å². The van der Waals surface area contributed by atoms with Crippen LogP contribution in [0.5, 0.6) is 0 Å². The van der Waals surface area contributed by atoms with E-state index in [-0.39, 0.29) is 5.95 Å². The maximum absolute atomic E-state index is 5.66. The van der Waals surface area contributed by atoms with Crippen LogP contribution in [-0.2, 0) is 0 Å². The van der Waals surface area contributed by atoms with Crippen LogP contribution >= 0.6 is 11.8 Å². The Bertz CT molecular complexity index is 545. The number of hydrogen-bond donors (Lipinski definition) is 2. The normalized spacial score (nSPS) is 10.3. The van der Waals surface area contributed by atoms with Crippen molar-refractivity contribution in [2.75, 3.05) is 17.6 Å². The summed E-state index contributed by atoms with van der Waals surface area (Å²) in [4.78, 5) is 16.7. The number of nitrogens with zero attached hydrogens (tertiary/aromatic N) is 4. The van der Waals surface area contributed by atoms with Gasteiger partial charge in [0, 0.05) is 24.5 Å². The molecule has 0 aromatic carbocycles. The predicted molar refractivity (Wildman–Crippen MR) is 71.5 cm³/mol. The fraction of sp³-hybridized carbons (Fsp3) is 0.273. The minimum absolute atomic E-state index is 0.239. The summed E-state index contributed by atoms with van der Waals surface area (Å²) in [5.41, 5.74) is 6.57. The van der Waals surface area contributed by atoms with E-state index in [1.54, 1.807) is 6.20 Å². The number of nitrogens with two attached hydrogens (primary N) is 1. The molecule has 0 unspecified atom stereocenters. The average molecular weight is 262 g/mol. The van der Waals surface area contributed by atoms with Gasteiger partial charge in [0.25, 0.3) is 0 Å². The van der Waals surface area contributed by atoms with E-state index in [1.165, 1.54) is 11.8 Å². The monoisotopic (exact) mass is 262 g/mol. The summed E-state index contributed by atoms with van der Waals surface area (Å²) in [6.07, 6.45) is 1.72. The highest BCUT2D eigenvalue weighted by atomic mass is 32.2. The molecule has 2 heterocycles. The molecule has 94 valence electrons. The van der Waals surface area contributed by atoms with Crippen molar-refractivity contribution in [3.63, 3.8) is 0 Å². The van der Waals surface area contributed by atoms with Crippen molar-refractivity contribution in [3.05, 3.63) is 24.0 Å². The van der Waals surface area contributed by atoms with Crippen LogP contribution in [0.1, 0.15) is 12.6 Å². The lowest BCUT2D eigenvalue weighted by atomic mass is 10.5. The van der Waals surface area contributed by atoms with Gasteiger partial charge in [-0.1, -0.05) is 0 Å². The van der Waals surface area contributed by atoms with Crippen LogP contribution in [-0.4, -0.2) is 26.5 Å². The van der Waals surface area contributed by atoms with Crippen LogP contribution in [0.2, 0.25) is 0 Å². The zero-order valence-electron chi connectivity index (χ0n) is 10.2. The Morgan fingerprint density at radius 3 is 2.89 bits per heavy atom. The summed E-state index contributed by atoms with van der Waals surface area (Å²) in [6, 6.07) is 3.68. The van der Waals surface area contributed by atoms with Crippen LogP contribution < -0.4 is 11.1 Å². The fourth-order valence-corrected chi connectivity index (χ4v) is 2.14. The Morgan fingerprint density at radius 2 is 2.17 bits per heavy atom. The van der Waals surface area contributed by atoms with Crippen molar-refractivity contribution >= 4 is 23.5 Å². The molecular weight excluding hydrogens is 248 g/mol. The fourth-order valence-electron chi connectivity index (χ4n) is 1.34. The molecule has 0 spiro atoms. The van der Waals surface area contributed by atoms with Gasteiger partial charge >= 0.3 is 0 Å². The molecule has 0 saturated heterocycles. The molecule has 18 heavy (non-hydrogen) atoms. The van der Waals surface area contributed by atoms with Crippen LogP contribution in [0.15, 0.2) is 28.5 Å². The van der Waals surface area contributed by atoms with Gasteiger partial charge < -0.3 is 11.1 Å². The van der Waals surface area contributed by atoms with Crippen molar-refractivity contribution in [3.8, 4) is 0 Å². The zero-order chi connectivity index (χ0) is 13.0. The lowest BCUT2D eigenvalue weighted by Gasteiger charge is -2.05. The SMILES string of the molecule is CCNc1cc(Sc2nccc(C)n2)nc(N)n1. The molecule has 3 N–H and O–H groups in total. The minimum Gasteiger partial charge on any atom is -0.370 e. The Morgan fingerprint density at radius 1 is 1.33 bits per heavy atom. The first-order chi connectivity index (χ1) is 8.67. The number of nitrogens with one attached hydrogen (secondary N) is 1. The first kappa shape index (κ1) is 12.6. The summed E-state index contributed by atoms with van der Waals surface area (Å²) in [5, 5.41) is 4.48. The molecule has 0 amide bonds. The first-order valence-corrected chi connectivity index (χ1v) is 6.35. The van der Waals surface area contributed by atoms with Crippen molar-refractivity contribution < 1.29 is 0 Å². The minimum atomic E-state index is 0.239. The Kier molecular flexibility index (Phi) is 3.93. The maximum Gasteiger partial charge on any atom is 0.223 e. The molecule has 0 fully saturated rings. The molecule has 2 aromatic rings. The third-order valence-corrected chi connectivity index (χ3v) is 2.84. The average Bonchev–Trinajstić information content (AvgIpc) is 2.28. The van der Waals surface area contributed by atoms with Gasteiger partial charge in [-0.3, -0.25) is 0 Å². The van der Waals surface area contributed by atoms with Crippen molar-refractivity contribution in [2.24, 2.45) is 0 Å². The molecular formula is C11H14N6S. The second kappa shape index (κ2) is 5.63. The summed E-state index contributed by atoms with van der Waals surface area (Å²) in [5.74, 6) is 0.948. The zero-order valence-corrected chi connectivity index (χ0v) is 11.0. The van der Waals surface area contributed by atoms with Crippen molar-refractivity contribution in [2.45, 2.75) is 24.0 Å². The van der Waals surface area contributed by atoms with Gasteiger partial charge in [0.05, 0.1) is 0 Å². The van der Waals surface area contributed by atoms with Crippen LogP contribution in [0, 0.1) is 6.92 Å². The van der Waals surface area contributed by atoms with Crippen molar-refractivity contribution in [1.82, 2.24) is 19.9 Å². The molecule has 6 nitrogen and oxygen atoms in total. The molecule has 0 bridgehead atoms. The number of nitrogen functional groups attached to an aromatic ring is 1. The van der Waals surface area contributed by atoms with E-state index >= 15 is 0 Å². The Labute approximate surface area is 109 Å². The van der Waals surface area contributed by atoms with Crippen molar-refractivity contribution in [1.29, 1.82) is 0 Å². The molecule has 2 aromatic heterocycles. The highest BCUT2D eigenvalue weighted by Gasteiger charge is 2.06. The number of aryl methyl sites for hydroxylation is 1. The number of rotatable bonds is 4. The van der Waals surface area contributed by atoms with E-state index in [1.807, 2.05) is 26.0 Å². The van der Waals surface area contributed by atoms with Gasteiger partial charge in [0.2, 0.25) is 5.95 Å². The third kappa shape index (κ3) is 3.30. The third-order valence-electron chi connectivity index (χ3n) is 2.05. The summed E-state index contributed by atoms with van der Waals surface area (Å²) in [7, 11) is 0. The quantitative estimate of drug-likeness (QED) is 0.640. The second-order valence-corrected chi connectivity index (χ2v) is 4.55. The van der Waals surface area contributed by atoms with E-state index < -0.39 is 0 Å². The van der Waals surface area contributed by atoms with E-state index in [2.05, 4.69) is 25.3 Å². The van der Waals surface area contributed by atoms with Gasteiger partial charge in [-0.05, 0) is 31.7 Å². The van der Waals surface area contributed by atoms with E-state index in [0.717, 1.165) is 17.3 Å². The Balaban J connectivity index is 2.23. The lowest BCUT2D eigenvalue weighted by molar-refractivity contribution is 0.926. The highest BCUT2D eigenvalue weighted by Crippen LogP contribution is 2.24. The van der Waals surface area contributed by atoms with Crippen LogP contribution in [0.25, 0.3) is 0 Å². The van der Waals surface area contributed by atoms with Gasteiger partial charge in [0.1, 0.15) is 10.8 Å². The number of anilines is 2. The second-order valence-electron chi connectivity index (χ2n) is 3.56. The molecule has 0 aliphatic carbocycles. The maximum atomic E-state index is 5.66. The molecule has 0 aliphatic rings. The van der Waals surface area contributed by atoms with Gasteiger partial charge in [-0.25, -0.2) is 15.0 Å². The predicted octanol–water partition coefficient (Wildman–Crippen LogP) is 1.74. The molecule has 2 rings (SSSR count). The molecule has 7 heteroatoms. The summed E-state index contributed by atoms with van der Waals surface area (Å²) >= 11 is 1.36. The van der Waals surface area contributed by atoms with E-state index in [4.69, 9.17) is 5.73 Å². The van der Waals surface area contributed by atoms with Gasteiger partial charge in [-0.15, -0.1) is 0 Å². The highest BCUT2D eigenvalue weighted by molar-refractivity contribution is 7.99. The number of hydrogen-bond acceptors (Lipinski definition) is 7. The summed E-state index contributed by atoms with van der Waals surface area (Å²) < 4.78 is 0. The van der Waals surface area contributed by atoms with Crippen LogP contribution in [0.4, 0.5) is 11.8 Å². The largest absolute Gasteiger partial charge is 0.370 e. The number of aromatic nitrogens is 4. The first-order valence-electron chi connectivity index (χ1n) is 5.53. The van der Waals surface area contributed by atoms with Gasteiger partial charge in [-0.2, -0.15) is 4.98 Å². The molecule has 0 atom stereocenters. The van der Waals surface area contributed by atoms with E-state index in [9.17, 15) is 0 Å².